The van der Waals surface area contributed by atoms with Gasteiger partial charge in [-0.1, -0.05) is 12.1 Å². The van der Waals surface area contributed by atoms with Crippen LogP contribution in [0.5, 0.6) is 0 Å². The fourth-order valence-corrected chi connectivity index (χ4v) is 2.63. The summed E-state index contributed by atoms with van der Waals surface area (Å²) in [6.45, 7) is 9.95. The summed E-state index contributed by atoms with van der Waals surface area (Å²) in [6.07, 6.45) is 2.48. The number of guanidine groups is 1. The van der Waals surface area contributed by atoms with Crippen molar-refractivity contribution >= 4 is 41.7 Å². The van der Waals surface area contributed by atoms with E-state index in [0.717, 1.165) is 43.9 Å². The molecule has 7 nitrogen and oxygen atoms in total. The van der Waals surface area contributed by atoms with Gasteiger partial charge in [0.15, 0.2) is 5.96 Å². The number of aliphatic hydroxyl groups excluding tert-OH is 1. The molecular weight excluding hydrogens is 483 g/mol. The zero-order chi connectivity index (χ0) is 20.6. The number of ether oxygens (including phenoxy) is 1. The van der Waals surface area contributed by atoms with Gasteiger partial charge in [0.25, 0.3) is 0 Å². The molecule has 1 fully saturated rings. The highest BCUT2D eigenvalue weighted by molar-refractivity contribution is 14.0. The van der Waals surface area contributed by atoms with Crippen LogP contribution in [-0.2, 0) is 11.2 Å². The van der Waals surface area contributed by atoms with Crippen LogP contribution in [0.3, 0.4) is 0 Å². The second kappa shape index (κ2) is 11.6. The van der Waals surface area contributed by atoms with E-state index in [2.05, 4.69) is 20.9 Å². The molecule has 1 aliphatic rings. The Balaban J connectivity index is 0.00000420. The zero-order valence-electron chi connectivity index (χ0n) is 17.9. The number of halogens is 1. The van der Waals surface area contributed by atoms with Crippen molar-refractivity contribution in [2.45, 2.75) is 52.6 Å². The molecule has 0 radical (unpaired) electrons. The maximum absolute atomic E-state index is 11.8. The molecule has 0 unspecified atom stereocenters. The fourth-order valence-electron chi connectivity index (χ4n) is 2.63. The Morgan fingerprint density at radius 3 is 2.38 bits per heavy atom. The predicted octanol–water partition coefficient (Wildman–Crippen LogP) is 3.52. The first kappa shape index (κ1) is 25.5. The van der Waals surface area contributed by atoms with E-state index in [1.54, 1.807) is 0 Å². The topological polar surface area (TPSA) is 95.0 Å². The van der Waals surface area contributed by atoms with Crippen LogP contribution in [0.4, 0.5) is 10.5 Å². The molecule has 0 heterocycles. The summed E-state index contributed by atoms with van der Waals surface area (Å²) < 4.78 is 5.25. The minimum absolute atomic E-state index is 0. The lowest BCUT2D eigenvalue weighted by molar-refractivity contribution is 0.0636. The molecular formula is C21H35IN4O3. The third-order valence-electron chi connectivity index (χ3n) is 4.51. The molecule has 1 aromatic carbocycles. The number of anilines is 1. The summed E-state index contributed by atoms with van der Waals surface area (Å²) in [5, 5.41) is 18.7. The van der Waals surface area contributed by atoms with Crippen LogP contribution < -0.4 is 16.0 Å². The lowest BCUT2D eigenvalue weighted by atomic mass is 10.1. The van der Waals surface area contributed by atoms with Gasteiger partial charge in [0.05, 0.1) is 13.2 Å². The Bertz CT molecular complexity index is 667. The van der Waals surface area contributed by atoms with E-state index in [1.807, 2.05) is 52.0 Å². The molecule has 1 aliphatic carbocycles. The average Bonchev–Trinajstić information content (AvgIpc) is 3.40. The molecule has 0 aliphatic heterocycles. The number of hydrogen-bond donors (Lipinski definition) is 4. The first-order valence-electron chi connectivity index (χ1n) is 9.97. The van der Waals surface area contributed by atoms with Gasteiger partial charge >= 0.3 is 6.09 Å². The number of nitrogens with one attached hydrogen (secondary N) is 3. The highest BCUT2D eigenvalue weighted by atomic mass is 127. The highest BCUT2D eigenvalue weighted by Gasteiger charge is 2.41. The Morgan fingerprint density at radius 1 is 1.21 bits per heavy atom. The van der Waals surface area contributed by atoms with Gasteiger partial charge in [-0.15, -0.1) is 24.0 Å². The van der Waals surface area contributed by atoms with E-state index in [0.29, 0.717) is 12.2 Å². The highest BCUT2D eigenvalue weighted by Crippen LogP contribution is 2.45. The normalized spacial score (nSPS) is 15.1. The van der Waals surface area contributed by atoms with Crippen molar-refractivity contribution in [2.75, 3.05) is 31.6 Å². The van der Waals surface area contributed by atoms with Gasteiger partial charge in [-0.2, -0.15) is 0 Å². The van der Waals surface area contributed by atoms with Crippen LogP contribution in [-0.4, -0.2) is 49.0 Å². The van der Waals surface area contributed by atoms with E-state index in [4.69, 9.17) is 4.74 Å². The minimum Gasteiger partial charge on any atom is -0.444 e. The third kappa shape index (κ3) is 9.66. The maximum atomic E-state index is 11.8. The summed E-state index contributed by atoms with van der Waals surface area (Å²) in [6, 6.07) is 7.72. The van der Waals surface area contributed by atoms with Crippen LogP contribution in [0, 0.1) is 5.41 Å². The fraction of sp³-hybridized carbons (Fsp3) is 0.619. The van der Waals surface area contributed by atoms with Crippen LogP contribution in [0.25, 0.3) is 0 Å². The number of aliphatic imine (C=N–C) groups is 1. The lowest BCUT2D eigenvalue weighted by Gasteiger charge is -2.19. The Morgan fingerprint density at radius 2 is 1.86 bits per heavy atom. The van der Waals surface area contributed by atoms with Crippen LogP contribution in [0.1, 0.15) is 46.1 Å². The molecule has 1 aromatic rings. The molecule has 1 amide bonds. The van der Waals surface area contributed by atoms with Gasteiger partial charge in [0, 0.05) is 24.2 Å². The van der Waals surface area contributed by atoms with Crippen molar-refractivity contribution in [1.29, 1.82) is 0 Å². The molecule has 4 N–H and O–H groups in total. The second-order valence-corrected chi connectivity index (χ2v) is 8.35. The van der Waals surface area contributed by atoms with E-state index in [-0.39, 0.29) is 36.0 Å². The Hall–Kier alpha value is -1.55. The van der Waals surface area contributed by atoms with E-state index >= 15 is 0 Å². The number of amides is 1. The molecule has 0 saturated heterocycles. The Kier molecular flexibility index (Phi) is 10.2. The molecule has 2 rings (SSSR count). The van der Waals surface area contributed by atoms with Crippen molar-refractivity contribution in [3.05, 3.63) is 29.8 Å². The zero-order valence-corrected chi connectivity index (χ0v) is 20.2. The van der Waals surface area contributed by atoms with Gasteiger partial charge < -0.3 is 20.5 Å². The largest absolute Gasteiger partial charge is 0.444 e. The van der Waals surface area contributed by atoms with Gasteiger partial charge in [-0.25, -0.2) is 4.79 Å². The number of carbonyl (C=O) groups is 1. The van der Waals surface area contributed by atoms with E-state index < -0.39 is 11.7 Å². The number of carbonyl (C=O) groups excluding carboxylic acids is 1. The third-order valence-corrected chi connectivity index (χ3v) is 4.51. The van der Waals surface area contributed by atoms with Crippen LogP contribution in [0.2, 0.25) is 0 Å². The van der Waals surface area contributed by atoms with E-state index in [9.17, 15) is 9.90 Å². The summed E-state index contributed by atoms with van der Waals surface area (Å²) in [4.78, 5) is 16.4. The molecule has 0 aromatic heterocycles. The first-order valence-corrected chi connectivity index (χ1v) is 9.97. The van der Waals surface area contributed by atoms with Crippen LogP contribution in [0.15, 0.2) is 29.3 Å². The maximum Gasteiger partial charge on any atom is 0.412 e. The predicted molar refractivity (Wildman–Crippen MR) is 128 cm³/mol. The molecule has 164 valence electrons. The van der Waals surface area contributed by atoms with Gasteiger partial charge in [0.2, 0.25) is 0 Å². The number of rotatable bonds is 8. The molecule has 29 heavy (non-hydrogen) atoms. The van der Waals surface area contributed by atoms with Crippen molar-refractivity contribution in [3.63, 3.8) is 0 Å². The quantitative estimate of drug-likeness (QED) is 0.240. The Labute approximate surface area is 191 Å². The van der Waals surface area contributed by atoms with Gasteiger partial charge in [-0.3, -0.25) is 10.3 Å². The van der Waals surface area contributed by atoms with Crippen molar-refractivity contribution in [2.24, 2.45) is 10.4 Å². The number of nitrogens with zero attached hydrogens (tertiary/aromatic N) is 1. The van der Waals surface area contributed by atoms with Crippen molar-refractivity contribution < 1.29 is 14.6 Å². The molecule has 0 spiro atoms. The summed E-state index contributed by atoms with van der Waals surface area (Å²) in [5.41, 5.74) is 1.36. The average molecular weight is 518 g/mol. The van der Waals surface area contributed by atoms with Crippen LogP contribution >= 0.6 is 24.0 Å². The molecule has 0 bridgehead atoms. The summed E-state index contributed by atoms with van der Waals surface area (Å²) in [5.74, 6) is 0.783. The van der Waals surface area contributed by atoms with Crippen molar-refractivity contribution in [1.82, 2.24) is 10.6 Å². The van der Waals surface area contributed by atoms with Crippen molar-refractivity contribution in [3.8, 4) is 0 Å². The number of aliphatic hydroxyl groups is 1. The molecule has 8 heteroatoms. The van der Waals surface area contributed by atoms with Gasteiger partial charge in [-0.05, 0) is 64.7 Å². The standard InChI is InChI=1S/C21H34N4O3.HI/c1-5-22-18(24-14-21(15-26)11-12-21)23-13-10-16-6-8-17(9-7-16)25-19(27)28-20(2,3)4;/h6-9,26H,5,10-15H2,1-4H3,(H,25,27)(H2,22,23,24);1H. The second-order valence-electron chi connectivity index (χ2n) is 8.35. The molecule has 0 atom stereocenters. The smallest absolute Gasteiger partial charge is 0.412 e. The van der Waals surface area contributed by atoms with Gasteiger partial charge in [0.1, 0.15) is 5.60 Å². The number of hydrogen-bond acceptors (Lipinski definition) is 4. The monoisotopic (exact) mass is 518 g/mol. The van der Waals surface area contributed by atoms with E-state index in [1.165, 1.54) is 0 Å². The number of benzene rings is 1. The SMILES string of the molecule is CCNC(=NCC1(CO)CC1)NCCc1ccc(NC(=O)OC(C)(C)C)cc1.I. The summed E-state index contributed by atoms with van der Waals surface area (Å²) >= 11 is 0. The molecule has 1 saturated carbocycles. The first-order chi connectivity index (χ1) is 13.3. The summed E-state index contributed by atoms with van der Waals surface area (Å²) in [7, 11) is 0. The lowest BCUT2D eigenvalue weighted by Crippen LogP contribution is -2.38. The minimum atomic E-state index is -0.516.